The van der Waals surface area contributed by atoms with Crippen LogP contribution < -0.4 is 4.74 Å². The highest BCUT2D eigenvalue weighted by atomic mass is 32.2. The van der Waals surface area contributed by atoms with Crippen molar-refractivity contribution in [3.63, 3.8) is 0 Å². The highest BCUT2D eigenvalue weighted by Crippen LogP contribution is 2.32. The van der Waals surface area contributed by atoms with E-state index in [4.69, 9.17) is 4.74 Å². The first-order chi connectivity index (χ1) is 14.5. The normalized spacial score (nSPS) is 21.1. The molecule has 11 nitrogen and oxygen atoms in total. The summed E-state index contributed by atoms with van der Waals surface area (Å²) in [7, 11) is -7.02. The molecule has 2 heterocycles. The minimum Gasteiger partial charge on any atom is -0.477 e. The van der Waals surface area contributed by atoms with Crippen molar-refractivity contribution in [1.82, 2.24) is 9.21 Å². The van der Waals surface area contributed by atoms with Gasteiger partial charge in [0.2, 0.25) is 10.0 Å². The number of sulfonamides is 1. The maximum absolute atomic E-state index is 12.7. The molecule has 0 radical (unpaired) electrons. The molecule has 172 valence electrons. The van der Waals surface area contributed by atoms with Crippen LogP contribution in [0.4, 0.5) is 5.69 Å². The lowest BCUT2D eigenvalue weighted by Gasteiger charge is -2.26. The molecule has 2 fully saturated rings. The molecule has 1 aromatic rings. The van der Waals surface area contributed by atoms with Crippen LogP contribution in [0.3, 0.4) is 0 Å². The van der Waals surface area contributed by atoms with Gasteiger partial charge in [0.15, 0.2) is 22.2 Å². The van der Waals surface area contributed by atoms with E-state index in [1.807, 2.05) is 0 Å². The highest BCUT2D eigenvalue weighted by Gasteiger charge is 2.34. The van der Waals surface area contributed by atoms with Crippen LogP contribution in [0.25, 0.3) is 0 Å². The van der Waals surface area contributed by atoms with Gasteiger partial charge in [0.05, 0.1) is 21.3 Å². The Hall–Kier alpha value is -2.25. The number of carbonyl (C=O) groups is 1. The zero-order chi connectivity index (χ0) is 22.8. The largest absolute Gasteiger partial charge is 0.477 e. The number of benzene rings is 1. The van der Waals surface area contributed by atoms with Crippen LogP contribution in [-0.4, -0.2) is 80.7 Å². The topological polar surface area (TPSA) is 144 Å². The van der Waals surface area contributed by atoms with Gasteiger partial charge < -0.3 is 9.64 Å². The highest BCUT2D eigenvalue weighted by molar-refractivity contribution is 7.91. The molecule has 0 saturated carbocycles. The van der Waals surface area contributed by atoms with Crippen LogP contribution in [0, 0.1) is 10.1 Å². The Kier molecular flexibility index (Phi) is 6.86. The number of hydrogen-bond acceptors (Lipinski definition) is 8. The molecule has 1 amide bonds. The Balaban J connectivity index is 1.75. The van der Waals surface area contributed by atoms with Crippen LogP contribution in [0.15, 0.2) is 23.1 Å². The molecule has 0 spiro atoms. The zero-order valence-corrected chi connectivity index (χ0v) is 18.7. The average molecular weight is 476 g/mol. The lowest BCUT2D eigenvalue weighted by molar-refractivity contribution is -0.386. The number of ether oxygens (including phenoxy) is 1. The van der Waals surface area contributed by atoms with Crippen LogP contribution in [0.5, 0.6) is 5.75 Å². The van der Waals surface area contributed by atoms with Crippen molar-refractivity contribution >= 4 is 31.5 Å². The first kappa shape index (κ1) is 23.4. The van der Waals surface area contributed by atoms with E-state index < -0.39 is 49.0 Å². The van der Waals surface area contributed by atoms with Crippen molar-refractivity contribution in [2.75, 3.05) is 37.7 Å². The number of sulfone groups is 1. The fourth-order valence-corrected chi connectivity index (χ4v) is 7.15. The third kappa shape index (κ3) is 5.15. The van der Waals surface area contributed by atoms with Gasteiger partial charge in [-0.05, 0) is 38.3 Å². The minimum atomic E-state index is -3.84. The number of carbonyl (C=O) groups excluding carboxylic acids is 1. The number of rotatable bonds is 8. The monoisotopic (exact) mass is 475 g/mol. The molecule has 0 aromatic heterocycles. The summed E-state index contributed by atoms with van der Waals surface area (Å²) in [5.74, 6) is -0.822. The van der Waals surface area contributed by atoms with Crippen molar-refractivity contribution in [2.45, 2.75) is 37.1 Å². The molecule has 3 rings (SSSR count). The Morgan fingerprint density at radius 2 is 2.00 bits per heavy atom. The third-order valence-electron chi connectivity index (χ3n) is 5.49. The van der Waals surface area contributed by atoms with Crippen LogP contribution in [0.1, 0.15) is 26.2 Å². The average Bonchev–Trinajstić information content (AvgIpc) is 3.37. The molecule has 0 aliphatic carbocycles. The zero-order valence-electron chi connectivity index (χ0n) is 17.1. The molecular formula is C18H25N3O8S2. The first-order valence-electron chi connectivity index (χ1n) is 9.96. The molecule has 1 unspecified atom stereocenters. The number of amides is 1. The van der Waals surface area contributed by atoms with E-state index in [0.717, 1.165) is 18.9 Å². The van der Waals surface area contributed by atoms with Gasteiger partial charge in [-0.3, -0.25) is 14.9 Å². The molecular weight excluding hydrogens is 450 g/mol. The van der Waals surface area contributed by atoms with Gasteiger partial charge in [-0.15, -0.1) is 0 Å². The molecule has 31 heavy (non-hydrogen) atoms. The summed E-state index contributed by atoms with van der Waals surface area (Å²) in [6, 6.07) is 2.88. The van der Waals surface area contributed by atoms with Crippen LogP contribution >= 0.6 is 0 Å². The van der Waals surface area contributed by atoms with Crippen molar-refractivity contribution in [2.24, 2.45) is 0 Å². The Labute approximate surface area is 181 Å². The van der Waals surface area contributed by atoms with Gasteiger partial charge in [-0.25, -0.2) is 16.8 Å². The Morgan fingerprint density at radius 3 is 2.55 bits per heavy atom. The quantitative estimate of drug-likeness (QED) is 0.396. The van der Waals surface area contributed by atoms with E-state index in [2.05, 4.69) is 0 Å². The maximum atomic E-state index is 12.7. The second-order valence-electron chi connectivity index (χ2n) is 7.52. The van der Waals surface area contributed by atoms with E-state index >= 15 is 0 Å². The molecule has 0 bridgehead atoms. The standard InChI is InChI=1S/C18H25N3O8S2/c1-2-20(14-7-10-30(25,26)13-14)18(22)12-29-17-6-5-15(11-16(17)21(23)24)31(27,28)19-8-3-4-9-19/h5-6,11,14H,2-4,7-10,12-13H2,1H3. The van der Waals surface area contributed by atoms with Gasteiger partial charge in [0.1, 0.15) is 0 Å². The maximum Gasteiger partial charge on any atom is 0.312 e. The predicted molar refractivity (Wildman–Crippen MR) is 111 cm³/mol. The Bertz CT molecular complexity index is 1070. The summed E-state index contributed by atoms with van der Waals surface area (Å²) in [5.41, 5.74) is -0.556. The second kappa shape index (κ2) is 9.09. The number of nitro benzene ring substituents is 1. The molecule has 0 N–H and O–H groups in total. The van der Waals surface area contributed by atoms with Gasteiger partial charge in [-0.1, -0.05) is 0 Å². The van der Waals surface area contributed by atoms with Crippen LogP contribution in [0.2, 0.25) is 0 Å². The predicted octanol–water partition coefficient (Wildman–Crippen LogP) is 0.794. The lowest BCUT2D eigenvalue weighted by atomic mass is 10.2. The van der Waals surface area contributed by atoms with E-state index in [-0.39, 0.29) is 28.7 Å². The van der Waals surface area contributed by atoms with E-state index in [1.54, 1.807) is 6.92 Å². The molecule has 1 aromatic carbocycles. The third-order valence-corrected chi connectivity index (χ3v) is 9.14. The van der Waals surface area contributed by atoms with Gasteiger partial charge in [0.25, 0.3) is 5.91 Å². The number of likely N-dealkylation sites (N-methyl/N-ethyl adjacent to an activating group) is 1. The summed E-state index contributed by atoms with van der Waals surface area (Å²) in [5, 5.41) is 11.5. The van der Waals surface area contributed by atoms with Crippen molar-refractivity contribution < 1.29 is 31.3 Å². The molecule has 1 atom stereocenters. The first-order valence-corrected chi connectivity index (χ1v) is 13.2. The fourth-order valence-electron chi connectivity index (χ4n) is 3.88. The van der Waals surface area contributed by atoms with Gasteiger partial charge in [-0.2, -0.15) is 4.31 Å². The second-order valence-corrected chi connectivity index (χ2v) is 11.7. The smallest absolute Gasteiger partial charge is 0.312 e. The van der Waals surface area contributed by atoms with Crippen molar-refractivity contribution in [1.29, 1.82) is 0 Å². The van der Waals surface area contributed by atoms with E-state index in [9.17, 15) is 31.7 Å². The summed E-state index contributed by atoms with van der Waals surface area (Å²) < 4.78 is 55.4. The summed E-state index contributed by atoms with van der Waals surface area (Å²) in [6.07, 6.45) is 1.81. The molecule has 13 heteroatoms. The van der Waals surface area contributed by atoms with Gasteiger partial charge >= 0.3 is 5.69 Å². The fraction of sp³-hybridized carbons (Fsp3) is 0.611. The number of nitrogens with zero attached hydrogens (tertiary/aromatic N) is 3. The molecule has 2 aliphatic heterocycles. The number of hydrogen-bond donors (Lipinski definition) is 0. The lowest BCUT2D eigenvalue weighted by Crippen LogP contribution is -2.43. The molecule has 2 aliphatic rings. The Morgan fingerprint density at radius 1 is 1.32 bits per heavy atom. The van der Waals surface area contributed by atoms with E-state index in [1.165, 1.54) is 21.3 Å². The summed E-state index contributed by atoms with van der Waals surface area (Å²) in [6.45, 7) is 2.20. The minimum absolute atomic E-state index is 0.0146. The summed E-state index contributed by atoms with van der Waals surface area (Å²) >= 11 is 0. The summed E-state index contributed by atoms with van der Waals surface area (Å²) in [4.78, 5) is 24.5. The number of nitro groups is 1. The van der Waals surface area contributed by atoms with Gasteiger partial charge in [0, 0.05) is 31.7 Å². The van der Waals surface area contributed by atoms with Crippen molar-refractivity contribution in [3.05, 3.63) is 28.3 Å². The SMILES string of the molecule is CCN(C(=O)COc1ccc(S(=O)(=O)N2CCCC2)cc1[N+](=O)[O-])C1CCS(=O)(=O)C1. The van der Waals surface area contributed by atoms with Crippen LogP contribution in [-0.2, 0) is 24.7 Å². The van der Waals surface area contributed by atoms with E-state index in [0.29, 0.717) is 19.5 Å². The van der Waals surface area contributed by atoms with Crippen molar-refractivity contribution in [3.8, 4) is 5.75 Å². The molecule has 2 saturated heterocycles.